The highest BCUT2D eigenvalue weighted by molar-refractivity contribution is 5.92. The number of hydrogen-bond donors (Lipinski definition) is 1. The van der Waals surface area contributed by atoms with Crippen LogP contribution in [0.2, 0.25) is 0 Å². The first kappa shape index (κ1) is 16.1. The van der Waals surface area contributed by atoms with Crippen LogP contribution in [0.1, 0.15) is 12.8 Å². The van der Waals surface area contributed by atoms with Crippen molar-refractivity contribution in [1.29, 1.82) is 0 Å². The molecule has 0 spiro atoms. The fourth-order valence-corrected chi connectivity index (χ4v) is 2.98. The van der Waals surface area contributed by atoms with E-state index in [2.05, 4.69) is 35.4 Å². The van der Waals surface area contributed by atoms with Gasteiger partial charge in [0.2, 0.25) is 5.91 Å². The molecule has 1 amide bonds. The van der Waals surface area contributed by atoms with E-state index >= 15 is 0 Å². The largest absolute Gasteiger partial charge is 0.355 e. The summed E-state index contributed by atoms with van der Waals surface area (Å²) in [6, 6.07) is 3.57. The molecule has 9 heteroatoms. The summed E-state index contributed by atoms with van der Waals surface area (Å²) in [4.78, 5) is 28.8. The van der Waals surface area contributed by atoms with Gasteiger partial charge in [0, 0.05) is 31.4 Å². The van der Waals surface area contributed by atoms with E-state index in [1.165, 1.54) is 4.80 Å². The lowest BCUT2D eigenvalue weighted by Crippen LogP contribution is -2.38. The second-order valence-electron chi connectivity index (χ2n) is 6.04. The predicted octanol–water partition coefficient (Wildman–Crippen LogP) is 1.31. The van der Waals surface area contributed by atoms with Crippen molar-refractivity contribution in [3.63, 3.8) is 0 Å². The summed E-state index contributed by atoms with van der Waals surface area (Å²) in [5, 5.41) is 11.0. The molecule has 0 bridgehead atoms. The Labute approximate surface area is 150 Å². The third kappa shape index (κ3) is 3.51. The monoisotopic (exact) mass is 350 g/mol. The lowest BCUT2D eigenvalue weighted by Gasteiger charge is -2.31. The van der Waals surface area contributed by atoms with Crippen LogP contribution in [0.25, 0.3) is 5.82 Å². The number of nitrogens with one attached hydrogen (secondary N) is 1. The Morgan fingerprint density at radius 3 is 2.42 bits per heavy atom. The van der Waals surface area contributed by atoms with E-state index in [1.807, 2.05) is 0 Å². The maximum atomic E-state index is 12.5. The normalized spacial score (nSPS) is 15.0. The molecule has 1 saturated heterocycles. The highest BCUT2D eigenvalue weighted by Gasteiger charge is 2.25. The smallest absolute Gasteiger partial charge is 0.227 e. The third-order valence-electron chi connectivity index (χ3n) is 4.38. The van der Waals surface area contributed by atoms with E-state index in [4.69, 9.17) is 0 Å². The number of aromatic nitrogens is 6. The molecular weight excluding hydrogens is 332 g/mol. The van der Waals surface area contributed by atoms with Crippen LogP contribution in [0, 0.1) is 5.92 Å². The van der Waals surface area contributed by atoms with Gasteiger partial charge in [0.25, 0.3) is 0 Å². The van der Waals surface area contributed by atoms with Crippen LogP contribution in [0.5, 0.6) is 0 Å². The van der Waals surface area contributed by atoms with Gasteiger partial charge in [-0.1, -0.05) is 0 Å². The number of amides is 1. The molecule has 0 saturated carbocycles. The molecule has 0 radical (unpaired) electrons. The average Bonchev–Trinajstić information content (AvgIpc) is 3.24. The van der Waals surface area contributed by atoms with Crippen molar-refractivity contribution in [3.05, 3.63) is 49.3 Å². The molecule has 4 rings (SSSR count). The molecule has 4 heterocycles. The Morgan fingerprint density at radius 2 is 1.77 bits per heavy atom. The van der Waals surface area contributed by atoms with Crippen molar-refractivity contribution in [2.45, 2.75) is 12.8 Å². The second kappa shape index (κ2) is 7.26. The van der Waals surface area contributed by atoms with Gasteiger partial charge in [0.1, 0.15) is 5.82 Å². The van der Waals surface area contributed by atoms with Gasteiger partial charge in [-0.2, -0.15) is 10.2 Å². The van der Waals surface area contributed by atoms with E-state index in [0.29, 0.717) is 11.5 Å². The van der Waals surface area contributed by atoms with Crippen molar-refractivity contribution in [2.75, 3.05) is 23.3 Å². The minimum Gasteiger partial charge on any atom is -0.355 e. The van der Waals surface area contributed by atoms with Gasteiger partial charge in [-0.05, 0) is 25.0 Å². The molecule has 3 aromatic heterocycles. The SMILES string of the molecule is O=C(Nc1ccc(-n2nccn2)nc1)C1CCN(c2cnccn2)CC1. The fraction of sp³-hybridized carbons (Fsp3) is 0.294. The average molecular weight is 350 g/mol. The van der Waals surface area contributed by atoms with E-state index < -0.39 is 0 Å². The molecule has 1 aliphatic rings. The first-order chi connectivity index (χ1) is 12.8. The molecule has 9 nitrogen and oxygen atoms in total. The molecule has 132 valence electrons. The fourth-order valence-electron chi connectivity index (χ4n) is 2.98. The number of pyridine rings is 1. The summed E-state index contributed by atoms with van der Waals surface area (Å²) in [5.41, 5.74) is 0.669. The highest BCUT2D eigenvalue weighted by Crippen LogP contribution is 2.22. The molecule has 0 atom stereocenters. The summed E-state index contributed by atoms with van der Waals surface area (Å²) >= 11 is 0. The van der Waals surface area contributed by atoms with Gasteiger partial charge in [-0.15, -0.1) is 4.80 Å². The molecule has 1 N–H and O–H groups in total. The molecule has 0 aliphatic carbocycles. The van der Waals surface area contributed by atoms with Crippen molar-refractivity contribution < 1.29 is 4.79 Å². The van der Waals surface area contributed by atoms with Crippen molar-refractivity contribution in [2.24, 2.45) is 5.92 Å². The highest BCUT2D eigenvalue weighted by atomic mass is 16.1. The number of piperidine rings is 1. The minimum absolute atomic E-state index is 0.0182. The van der Waals surface area contributed by atoms with E-state index in [0.717, 1.165) is 31.7 Å². The zero-order valence-corrected chi connectivity index (χ0v) is 14.1. The number of carbonyl (C=O) groups excluding carboxylic acids is 1. The Hall–Kier alpha value is -3.36. The molecule has 0 unspecified atom stereocenters. The lowest BCUT2D eigenvalue weighted by atomic mass is 9.96. The Morgan fingerprint density at radius 1 is 0.962 bits per heavy atom. The van der Waals surface area contributed by atoms with Gasteiger partial charge in [-0.3, -0.25) is 9.78 Å². The number of hydrogen-bond acceptors (Lipinski definition) is 7. The van der Waals surface area contributed by atoms with Crippen molar-refractivity contribution >= 4 is 17.4 Å². The molecule has 1 aliphatic heterocycles. The van der Waals surface area contributed by atoms with Crippen LogP contribution in [0.3, 0.4) is 0 Å². The Kier molecular flexibility index (Phi) is 4.50. The van der Waals surface area contributed by atoms with Crippen molar-refractivity contribution in [1.82, 2.24) is 29.9 Å². The van der Waals surface area contributed by atoms with E-state index in [1.54, 1.807) is 49.3 Å². The van der Waals surface area contributed by atoms with E-state index in [9.17, 15) is 4.79 Å². The van der Waals surface area contributed by atoms with Gasteiger partial charge in [0.15, 0.2) is 5.82 Å². The maximum absolute atomic E-state index is 12.5. The van der Waals surface area contributed by atoms with Crippen LogP contribution in [-0.4, -0.2) is 48.9 Å². The molecule has 3 aromatic rings. The number of rotatable bonds is 4. The quantitative estimate of drug-likeness (QED) is 0.757. The number of nitrogens with zero attached hydrogens (tertiary/aromatic N) is 7. The lowest BCUT2D eigenvalue weighted by molar-refractivity contribution is -0.120. The summed E-state index contributed by atoms with van der Waals surface area (Å²) in [6.45, 7) is 1.58. The minimum atomic E-state index is -0.0182. The van der Waals surface area contributed by atoms with Gasteiger partial charge < -0.3 is 10.2 Å². The molecular formula is C17H18N8O. The molecule has 26 heavy (non-hydrogen) atoms. The van der Waals surface area contributed by atoms with Gasteiger partial charge in [-0.25, -0.2) is 9.97 Å². The van der Waals surface area contributed by atoms with Crippen LogP contribution >= 0.6 is 0 Å². The summed E-state index contributed by atoms with van der Waals surface area (Å²) < 4.78 is 0. The van der Waals surface area contributed by atoms with E-state index in [-0.39, 0.29) is 11.8 Å². The van der Waals surface area contributed by atoms with Crippen LogP contribution < -0.4 is 10.2 Å². The van der Waals surface area contributed by atoms with Crippen LogP contribution in [0.4, 0.5) is 11.5 Å². The Bertz CT molecular complexity index is 842. The zero-order chi connectivity index (χ0) is 17.8. The molecule has 0 aromatic carbocycles. The van der Waals surface area contributed by atoms with Gasteiger partial charge >= 0.3 is 0 Å². The second-order valence-corrected chi connectivity index (χ2v) is 6.04. The Balaban J connectivity index is 1.33. The summed E-state index contributed by atoms with van der Waals surface area (Å²) in [7, 11) is 0. The maximum Gasteiger partial charge on any atom is 0.227 e. The third-order valence-corrected chi connectivity index (χ3v) is 4.38. The number of anilines is 2. The van der Waals surface area contributed by atoms with Gasteiger partial charge in [0.05, 0.1) is 30.5 Å². The van der Waals surface area contributed by atoms with Crippen LogP contribution in [0.15, 0.2) is 49.3 Å². The predicted molar refractivity (Wildman–Crippen MR) is 94.8 cm³/mol. The standard InChI is InChI=1S/C17H18N8O/c26-17(13-3-9-24(10-4-13)16-12-18-5-6-19-16)23-14-1-2-15(20-11-14)25-21-7-8-22-25/h1-2,5-8,11-13H,3-4,9-10H2,(H,23,26). The first-order valence-corrected chi connectivity index (χ1v) is 8.44. The number of carbonyl (C=O) groups is 1. The summed E-state index contributed by atoms with van der Waals surface area (Å²) in [6.07, 6.45) is 11.5. The topological polar surface area (TPSA) is 102 Å². The molecule has 1 fully saturated rings. The summed E-state index contributed by atoms with van der Waals surface area (Å²) in [5.74, 6) is 1.47. The first-order valence-electron chi connectivity index (χ1n) is 8.44. The van der Waals surface area contributed by atoms with Crippen LogP contribution in [-0.2, 0) is 4.79 Å². The van der Waals surface area contributed by atoms with Crippen molar-refractivity contribution in [3.8, 4) is 5.82 Å². The zero-order valence-electron chi connectivity index (χ0n) is 14.1.